The molecule has 25 heavy (non-hydrogen) atoms. The van der Waals surface area contributed by atoms with Crippen LogP contribution >= 0.6 is 0 Å². The predicted molar refractivity (Wildman–Crippen MR) is 103 cm³/mol. The standard InChI is InChI=1S/C18H36O5S.Na/c1-3-4-5-6-7-8-9-10-11-12-13-14-15-16-17-24(20,21)23-22-18(2)19;/h3-17H2,1-2H3;. The number of carbonyl (C=O) groups excluding carboxylic acids is 1. The van der Waals surface area contributed by atoms with Crippen LogP contribution in [0, 0.1) is 0 Å². The van der Waals surface area contributed by atoms with Gasteiger partial charge in [0.25, 0.3) is 0 Å². The van der Waals surface area contributed by atoms with Gasteiger partial charge in [-0.1, -0.05) is 94.7 Å². The van der Waals surface area contributed by atoms with Crippen LogP contribution in [0.3, 0.4) is 0 Å². The Kier molecular flexibility index (Phi) is 21.1. The van der Waals surface area contributed by atoms with Crippen LogP contribution in [0.5, 0.6) is 0 Å². The molecule has 0 aliphatic heterocycles. The zero-order valence-corrected chi connectivity index (χ0v) is 19.4. The molecule has 0 unspecified atom stereocenters. The molecule has 0 saturated carbocycles. The van der Waals surface area contributed by atoms with E-state index in [4.69, 9.17) is 0 Å². The van der Waals surface area contributed by atoms with Gasteiger partial charge in [-0.25, -0.2) is 4.79 Å². The molecule has 0 N–H and O–H groups in total. The molecule has 0 spiro atoms. The van der Waals surface area contributed by atoms with Crippen molar-refractivity contribution in [2.24, 2.45) is 0 Å². The van der Waals surface area contributed by atoms with Crippen LogP contribution < -0.4 is 0 Å². The normalized spacial score (nSPS) is 11.1. The van der Waals surface area contributed by atoms with Crippen LogP contribution in [0.15, 0.2) is 0 Å². The smallest absolute Gasteiger partial charge is 0.282 e. The fraction of sp³-hybridized carbons (Fsp3) is 0.944. The molecular formula is C18H36NaO5S. The molecule has 145 valence electrons. The third-order valence-corrected chi connectivity index (χ3v) is 5.07. The predicted octanol–water partition coefficient (Wildman–Crippen LogP) is 4.91. The Morgan fingerprint density at radius 1 is 0.720 bits per heavy atom. The van der Waals surface area contributed by atoms with Crippen molar-refractivity contribution in [2.45, 2.75) is 104 Å². The summed E-state index contributed by atoms with van der Waals surface area (Å²) in [6.45, 7) is 3.34. The molecule has 0 bridgehead atoms. The minimum absolute atomic E-state index is 0. The Morgan fingerprint density at radius 2 is 1.08 bits per heavy atom. The minimum Gasteiger partial charge on any atom is -0.282 e. The van der Waals surface area contributed by atoms with Gasteiger partial charge in [-0.15, -0.1) is 0 Å². The summed E-state index contributed by atoms with van der Waals surface area (Å²) >= 11 is 0. The molecule has 0 amide bonds. The van der Waals surface area contributed by atoms with Gasteiger partial charge in [-0.2, -0.15) is 8.42 Å². The van der Waals surface area contributed by atoms with E-state index >= 15 is 0 Å². The maximum atomic E-state index is 11.4. The number of carbonyl (C=O) groups is 1. The van der Waals surface area contributed by atoms with E-state index in [0.717, 1.165) is 26.2 Å². The summed E-state index contributed by atoms with van der Waals surface area (Å²) in [5.41, 5.74) is 0. The summed E-state index contributed by atoms with van der Waals surface area (Å²) in [6, 6.07) is 0. The molecule has 0 fully saturated rings. The second kappa shape index (κ2) is 19.2. The molecule has 0 atom stereocenters. The van der Waals surface area contributed by atoms with E-state index in [-0.39, 0.29) is 35.3 Å². The molecule has 0 saturated heterocycles. The summed E-state index contributed by atoms with van der Waals surface area (Å²) in [5, 5.41) is 0. The van der Waals surface area contributed by atoms with E-state index in [9.17, 15) is 13.2 Å². The van der Waals surface area contributed by atoms with Gasteiger partial charge in [0.2, 0.25) is 0 Å². The van der Waals surface area contributed by atoms with E-state index in [0.29, 0.717) is 6.42 Å². The second-order valence-electron chi connectivity index (χ2n) is 6.50. The third kappa shape index (κ3) is 22.3. The Labute approximate surface area is 177 Å². The van der Waals surface area contributed by atoms with Gasteiger partial charge >= 0.3 is 16.1 Å². The first-order valence-corrected chi connectivity index (χ1v) is 11.1. The molecule has 0 aliphatic rings. The molecule has 0 aromatic rings. The first-order chi connectivity index (χ1) is 11.5. The van der Waals surface area contributed by atoms with Crippen molar-refractivity contribution in [3.63, 3.8) is 0 Å². The van der Waals surface area contributed by atoms with Crippen molar-refractivity contribution in [1.29, 1.82) is 0 Å². The summed E-state index contributed by atoms with van der Waals surface area (Å²) in [7, 11) is -3.74. The van der Waals surface area contributed by atoms with E-state index in [1.54, 1.807) is 0 Å². The molecule has 0 aliphatic carbocycles. The van der Waals surface area contributed by atoms with Crippen LogP contribution in [0.4, 0.5) is 0 Å². The van der Waals surface area contributed by atoms with Gasteiger partial charge < -0.3 is 0 Å². The number of rotatable bonds is 17. The molecule has 0 rings (SSSR count). The molecule has 0 heterocycles. The Hall–Kier alpha value is 0.380. The van der Waals surface area contributed by atoms with E-state index in [1.165, 1.54) is 64.2 Å². The fourth-order valence-corrected chi connectivity index (χ4v) is 3.43. The van der Waals surface area contributed by atoms with Crippen LogP contribution in [-0.4, -0.2) is 49.7 Å². The monoisotopic (exact) mass is 387 g/mol. The number of hydrogen-bond acceptors (Lipinski definition) is 5. The first-order valence-electron chi connectivity index (χ1n) is 9.57. The van der Waals surface area contributed by atoms with Gasteiger partial charge in [0, 0.05) is 36.5 Å². The molecule has 0 aromatic carbocycles. The van der Waals surface area contributed by atoms with E-state index in [2.05, 4.69) is 16.1 Å². The fourth-order valence-electron chi connectivity index (χ4n) is 2.61. The number of hydrogen-bond donors (Lipinski definition) is 0. The van der Waals surface area contributed by atoms with Crippen LogP contribution in [-0.2, 0) is 24.1 Å². The Morgan fingerprint density at radius 3 is 1.44 bits per heavy atom. The van der Waals surface area contributed by atoms with Gasteiger partial charge in [-0.05, 0) is 6.42 Å². The summed E-state index contributed by atoms with van der Waals surface area (Å²) < 4.78 is 26.8. The topological polar surface area (TPSA) is 69.7 Å². The zero-order chi connectivity index (χ0) is 18.1. The molecule has 5 nitrogen and oxygen atoms in total. The maximum absolute atomic E-state index is 11.4. The summed E-state index contributed by atoms with van der Waals surface area (Å²) in [5.74, 6) is -0.863. The van der Waals surface area contributed by atoms with Crippen molar-refractivity contribution in [2.75, 3.05) is 5.75 Å². The van der Waals surface area contributed by atoms with E-state index in [1.807, 2.05) is 0 Å². The quantitative estimate of drug-likeness (QED) is 0.153. The van der Waals surface area contributed by atoms with Crippen molar-refractivity contribution < 1.29 is 22.4 Å². The van der Waals surface area contributed by atoms with Gasteiger partial charge in [0.15, 0.2) is 0 Å². The third-order valence-electron chi connectivity index (χ3n) is 4.00. The second-order valence-corrected chi connectivity index (χ2v) is 8.16. The Bertz CT molecular complexity index is 398. The largest absolute Gasteiger partial charge is 0.340 e. The van der Waals surface area contributed by atoms with Gasteiger partial charge in [0.1, 0.15) is 0 Å². The SMILES string of the molecule is CCCCCCCCCCCCCCCCS(=O)(=O)OOC(C)=O.[Na]. The van der Waals surface area contributed by atoms with Gasteiger partial charge in [0.05, 0.1) is 5.75 Å². The zero-order valence-electron chi connectivity index (χ0n) is 16.6. The minimum atomic E-state index is -3.74. The van der Waals surface area contributed by atoms with Crippen molar-refractivity contribution in [3.05, 3.63) is 0 Å². The van der Waals surface area contributed by atoms with Crippen LogP contribution in [0.2, 0.25) is 0 Å². The first kappa shape index (κ1) is 27.6. The van der Waals surface area contributed by atoms with Crippen LogP contribution in [0.25, 0.3) is 0 Å². The summed E-state index contributed by atoms with van der Waals surface area (Å²) in [4.78, 5) is 14.5. The molecule has 7 heteroatoms. The van der Waals surface area contributed by atoms with Crippen molar-refractivity contribution in [1.82, 2.24) is 0 Å². The van der Waals surface area contributed by atoms with Crippen LogP contribution in [0.1, 0.15) is 104 Å². The molecule has 1 radical (unpaired) electrons. The molecule has 0 aromatic heterocycles. The summed E-state index contributed by atoms with van der Waals surface area (Å²) in [6.07, 6.45) is 17.0. The average Bonchev–Trinajstić information content (AvgIpc) is 2.53. The van der Waals surface area contributed by atoms with E-state index < -0.39 is 16.1 Å². The number of unbranched alkanes of at least 4 members (excludes halogenated alkanes) is 13. The van der Waals surface area contributed by atoms with Gasteiger partial charge in [-0.3, -0.25) is 4.89 Å². The average molecular weight is 388 g/mol. The Balaban J connectivity index is 0. The van der Waals surface area contributed by atoms with Crippen molar-refractivity contribution >= 4 is 45.6 Å². The van der Waals surface area contributed by atoms with Crippen molar-refractivity contribution in [3.8, 4) is 0 Å². The molecular weight excluding hydrogens is 351 g/mol. The maximum Gasteiger partial charge on any atom is 0.340 e.